The highest BCUT2D eigenvalue weighted by Gasteiger charge is 2.51. The lowest BCUT2D eigenvalue weighted by Gasteiger charge is -2.48. The van der Waals surface area contributed by atoms with Gasteiger partial charge in [-0.1, -0.05) is 37.3 Å². The van der Waals surface area contributed by atoms with Gasteiger partial charge in [0.15, 0.2) is 0 Å². The molecule has 0 saturated heterocycles. The van der Waals surface area contributed by atoms with E-state index in [0.29, 0.717) is 5.92 Å². The van der Waals surface area contributed by atoms with Gasteiger partial charge in [-0.25, -0.2) is 0 Å². The third-order valence-corrected chi connectivity index (χ3v) is 5.62. The van der Waals surface area contributed by atoms with E-state index in [-0.39, 0.29) is 11.8 Å². The van der Waals surface area contributed by atoms with Crippen LogP contribution in [-0.4, -0.2) is 13.0 Å². The Kier molecular flexibility index (Phi) is 3.02. The van der Waals surface area contributed by atoms with E-state index in [9.17, 15) is 4.79 Å². The first-order valence-corrected chi connectivity index (χ1v) is 8.27. The minimum atomic E-state index is -0.396. The van der Waals surface area contributed by atoms with Crippen LogP contribution in [0, 0.1) is 5.41 Å². The molecule has 23 heavy (non-hydrogen) atoms. The summed E-state index contributed by atoms with van der Waals surface area (Å²) in [6.45, 7) is 4.35. The summed E-state index contributed by atoms with van der Waals surface area (Å²) in [7, 11) is 1.97. The van der Waals surface area contributed by atoms with Crippen molar-refractivity contribution < 1.29 is 4.79 Å². The molecule has 2 N–H and O–H groups in total. The van der Waals surface area contributed by atoms with E-state index >= 15 is 0 Å². The van der Waals surface area contributed by atoms with Crippen molar-refractivity contribution >= 4 is 17.3 Å². The standard InChI is InChI=1S/C20H22N2O/c1-12-11-20(2)18(14-8-6-10-16(21-3)17(12)14)13-7-4-5-9-15(13)22-19(20)23/h4-10,12,18,21H,11H2,1-3H3,(H,22,23)/t12-,18-,20+/m1/s1. The van der Waals surface area contributed by atoms with Crippen LogP contribution in [-0.2, 0) is 4.79 Å². The molecule has 1 aliphatic heterocycles. The Bertz CT molecular complexity index is 798. The van der Waals surface area contributed by atoms with Crippen LogP contribution >= 0.6 is 0 Å². The molecule has 2 aromatic carbocycles. The molecular formula is C20H22N2O. The van der Waals surface area contributed by atoms with Crippen LogP contribution in [0.1, 0.15) is 48.8 Å². The Balaban J connectivity index is 2.02. The zero-order valence-corrected chi connectivity index (χ0v) is 13.8. The fourth-order valence-electron chi connectivity index (χ4n) is 4.66. The summed E-state index contributed by atoms with van der Waals surface area (Å²) in [4.78, 5) is 12.9. The monoisotopic (exact) mass is 306 g/mol. The smallest absolute Gasteiger partial charge is 0.231 e. The van der Waals surface area contributed by atoms with Gasteiger partial charge in [-0.2, -0.15) is 0 Å². The lowest BCUT2D eigenvalue weighted by Crippen LogP contribution is -2.46. The zero-order valence-electron chi connectivity index (χ0n) is 13.8. The first kappa shape index (κ1) is 14.3. The third-order valence-electron chi connectivity index (χ3n) is 5.62. The number of rotatable bonds is 1. The zero-order chi connectivity index (χ0) is 16.2. The summed E-state index contributed by atoms with van der Waals surface area (Å²) in [6, 6.07) is 14.6. The van der Waals surface area contributed by atoms with E-state index in [4.69, 9.17) is 0 Å². The Labute approximate surface area is 137 Å². The molecule has 1 amide bonds. The molecule has 0 radical (unpaired) electrons. The minimum Gasteiger partial charge on any atom is -0.388 e. The molecule has 3 atom stereocenters. The van der Waals surface area contributed by atoms with Crippen molar-refractivity contribution in [3.8, 4) is 0 Å². The Morgan fingerprint density at radius 2 is 1.87 bits per heavy atom. The number of para-hydroxylation sites is 1. The van der Waals surface area contributed by atoms with Crippen molar-refractivity contribution in [1.82, 2.24) is 0 Å². The molecular weight excluding hydrogens is 284 g/mol. The van der Waals surface area contributed by atoms with Crippen molar-refractivity contribution in [2.24, 2.45) is 5.41 Å². The number of hydrogen-bond acceptors (Lipinski definition) is 2. The summed E-state index contributed by atoms with van der Waals surface area (Å²) in [5.41, 5.74) is 5.63. The van der Waals surface area contributed by atoms with Crippen LogP contribution in [0.25, 0.3) is 0 Å². The van der Waals surface area contributed by atoms with Crippen molar-refractivity contribution in [2.75, 3.05) is 17.7 Å². The maximum absolute atomic E-state index is 12.9. The van der Waals surface area contributed by atoms with Gasteiger partial charge < -0.3 is 10.6 Å². The number of amides is 1. The van der Waals surface area contributed by atoms with Gasteiger partial charge >= 0.3 is 0 Å². The van der Waals surface area contributed by atoms with Gasteiger partial charge in [-0.3, -0.25) is 4.79 Å². The highest BCUT2D eigenvalue weighted by molar-refractivity contribution is 6.00. The summed E-state index contributed by atoms with van der Waals surface area (Å²) >= 11 is 0. The van der Waals surface area contributed by atoms with Gasteiger partial charge in [0, 0.05) is 24.3 Å². The number of nitrogens with one attached hydrogen (secondary N) is 2. The van der Waals surface area contributed by atoms with Crippen molar-refractivity contribution in [2.45, 2.75) is 32.1 Å². The third kappa shape index (κ3) is 1.86. The normalized spacial score (nSPS) is 28.2. The van der Waals surface area contributed by atoms with Crippen molar-refractivity contribution in [3.63, 3.8) is 0 Å². The average Bonchev–Trinajstić information content (AvgIpc) is 2.55. The molecule has 1 heterocycles. The lowest BCUT2D eigenvalue weighted by atomic mass is 9.57. The molecule has 1 aliphatic carbocycles. The molecule has 118 valence electrons. The van der Waals surface area contributed by atoms with Crippen molar-refractivity contribution in [1.29, 1.82) is 0 Å². The summed E-state index contributed by atoms with van der Waals surface area (Å²) < 4.78 is 0. The largest absolute Gasteiger partial charge is 0.388 e. The fraction of sp³-hybridized carbons (Fsp3) is 0.350. The number of fused-ring (bicyclic) bond motifs is 5. The van der Waals surface area contributed by atoms with Gasteiger partial charge in [0.05, 0.1) is 5.41 Å². The predicted octanol–water partition coefficient (Wildman–Crippen LogP) is 4.33. The maximum Gasteiger partial charge on any atom is 0.231 e. The number of anilines is 2. The van der Waals surface area contributed by atoms with Crippen LogP contribution in [0.2, 0.25) is 0 Å². The van der Waals surface area contributed by atoms with E-state index in [2.05, 4.69) is 54.8 Å². The lowest BCUT2D eigenvalue weighted by molar-refractivity contribution is -0.127. The van der Waals surface area contributed by atoms with E-state index in [1.54, 1.807) is 0 Å². The molecule has 0 saturated carbocycles. The second kappa shape index (κ2) is 4.85. The molecule has 4 rings (SSSR count). The van der Waals surface area contributed by atoms with Crippen LogP contribution in [0.4, 0.5) is 11.4 Å². The highest BCUT2D eigenvalue weighted by atomic mass is 16.2. The SMILES string of the molecule is CNc1cccc2c1[C@H](C)C[C@]1(C)C(=O)Nc3ccccc3[C@H]21. The van der Waals surface area contributed by atoms with Crippen LogP contribution in [0.15, 0.2) is 42.5 Å². The number of benzene rings is 2. The molecule has 2 aromatic rings. The second-order valence-electron chi connectivity index (χ2n) is 7.06. The van der Waals surface area contributed by atoms with E-state index in [0.717, 1.165) is 12.1 Å². The molecule has 3 nitrogen and oxygen atoms in total. The Hall–Kier alpha value is -2.29. The molecule has 0 aromatic heterocycles. The Morgan fingerprint density at radius 3 is 2.65 bits per heavy atom. The summed E-state index contributed by atoms with van der Waals surface area (Å²) in [5, 5.41) is 6.45. The van der Waals surface area contributed by atoms with E-state index in [1.807, 2.05) is 19.2 Å². The molecule has 0 unspecified atom stereocenters. The highest BCUT2D eigenvalue weighted by Crippen LogP contribution is 2.57. The number of hydrogen-bond donors (Lipinski definition) is 2. The van der Waals surface area contributed by atoms with Gasteiger partial charge in [-0.15, -0.1) is 0 Å². The van der Waals surface area contributed by atoms with Crippen LogP contribution < -0.4 is 10.6 Å². The van der Waals surface area contributed by atoms with Crippen LogP contribution in [0.5, 0.6) is 0 Å². The minimum absolute atomic E-state index is 0.118. The topological polar surface area (TPSA) is 41.1 Å². The van der Waals surface area contributed by atoms with Gasteiger partial charge in [0.1, 0.15) is 0 Å². The average molecular weight is 306 g/mol. The fourth-order valence-corrected chi connectivity index (χ4v) is 4.66. The summed E-state index contributed by atoms with van der Waals surface area (Å²) in [6.07, 6.45) is 0.865. The van der Waals surface area contributed by atoms with E-state index in [1.165, 1.54) is 22.4 Å². The van der Waals surface area contributed by atoms with Gasteiger partial charge in [0.2, 0.25) is 5.91 Å². The number of carbonyl (C=O) groups excluding carboxylic acids is 1. The predicted molar refractivity (Wildman–Crippen MR) is 94.0 cm³/mol. The first-order valence-electron chi connectivity index (χ1n) is 8.27. The van der Waals surface area contributed by atoms with E-state index < -0.39 is 5.41 Å². The summed E-state index contributed by atoms with van der Waals surface area (Å²) in [5.74, 6) is 0.617. The second-order valence-corrected chi connectivity index (χ2v) is 7.06. The van der Waals surface area contributed by atoms with Gasteiger partial charge in [0.25, 0.3) is 0 Å². The molecule has 3 heteroatoms. The van der Waals surface area contributed by atoms with Crippen LogP contribution in [0.3, 0.4) is 0 Å². The van der Waals surface area contributed by atoms with Gasteiger partial charge in [-0.05, 0) is 48.1 Å². The van der Waals surface area contributed by atoms with Crippen molar-refractivity contribution in [3.05, 3.63) is 59.2 Å². The molecule has 0 bridgehead atoms. The first-order chi connectivity index (χ1) is 11.1. The molecule has 0 fully saturated rings. The molecule has 2 aliphatic rings. The quantitative estimate of drug-likeness (QED) is 0.823. The molecule has 0 spiro atoms. The maximum atomic E-state index is 12.9. The Morgan fingerprint density at radius 1 is 1.13 bits per heavy atom. The number of carbonyl (C=O) groups is 1.